The van der Waals surface area contributed by atoms with Crippen LogP contribution >= 0.6 is 11.6 Å². The molecule has 2 rings (SSSR count). The number of methoxy groups -OCH3 is 1. The van der Waals surface area contributed by atoms with Crippen LogP contribution in [0, 0.1) is 5.92 Å². The van der Waals surface area contributed by atoms with Crippen LogP contribution < -0.4 is 10.1 Å². The number of ether oxygens (including phenoxy) is 1. The third-order valence-electron chi connectivity index (χ3n) is 3.60. The topological polar surface area (TPSA) is 41.6 Å². The smallest absolute Gasteiger partial charge is 0.241 e. The molecule has 1 aliphatic heterocycles. The molecule has 20 heavy (non-hydrogen) atoms. The summed E-state index contributed by atoms with van der Waals surface area (Å²) in [5, 5.41) is 3.73. The number of benzene rings is 1. The van der Waals surface area contributed by atoms with Gasteiger partial charge in [0, 0.05) is 18.1 Å². The molecule has 1 atom stereocenters. The third-order valence-corrected chi connectivity index (χ3v) is 3.84. The van der Waals surface area contributed by atoms with Crippen molar-refractivity contribution in [2.45, 2.75) is 19.8 Å². The van der Waals surface area contributed by atoms with Gasteiger partial charge in [0.05, 0.1) is 19.3 Å². The van der Waals surface area contributed by atoms with Crippen molar-refractivity contribution in [3.63, 3.8) is 0 Å². The van der Waals surface area contributed by atoms with E-state index in [1.165, 1.54) is 6.42 Å². The van der Waals surface area contributed by atoms with Crippen LogP contribution in [-0.4, -0.2) is 37.6 Å². The lowest BCUT2D eigenvalue weighted by atomic mass is 10.0. The molecule has 1 aliphatic rings. The highest BCUT2D eigenvalue weighted by molar-refractivity contribution is 6.30. The molecule has 0 radical (unpaired) electrons. The SMILES string of the molecule is COc1ccc(Cl)cc1NCC(=O)N1CCCC(C)C1. The molecule has 1 unspecified atom stereocenters. The van der Waals surface area contributed by atoms with Crippen LogP contribution in [0.25, 0.3) is 0 Å². The highest BCUT2D eigenvalue weighted by Crippen LogP contribution is 2.27. The van der Waals surface area contributed by atoms with E-state index in [2.05, 4.69) is 12.2 Å². The number of halogens is 1. The maximum Gasteiger partial charge on any atom is 0.241 e. The lowest BCUT2D eigenvalue weighted by Gasteiger charge is -2.31. The van der Waals surface area contributed by atoms with Crippen LogP contribution in [0.1, 0.15) is 19.8 Å². The summed E-state index contributed by atoms with van der Waals surface area (Å²) in [5.41, 5.74) is 0.749. The van der Waals surface area contributed by atoms with Crippen molar-refractivity contribution in [3.8, 4) is 5.75 Å². The summed E-state index contributed by atoms with van der Waals surface area (Å²) < 4.78 is 5.25. The van der Waals surface area contributed by atoms with Gasteiger partial charge in [0.25, 0.3) is 0 Å². The highest BCUT2D eigenvalue weighted by Gasteiger charge is 2.20. The van der Waals surface area contributed by atoms with Crippen molar-refractivity contribution in [2.75, 3.05) is 32.1 Å². The third kappa shape index (κ3) is 3.79. The van der Waals surface area contributed by atoms with Gasteiger partial charge in [-0.15, -0.1) is 0 Å². The number of piperidine rings is 1. The minimum Gasteiger partial charge on any atom is -0.495 e. The number of nitrogens with one attached hydrogen (secondary N) is 1. The summed E-state index contributed by atoms with van der Waals surface area (Å²) in [5.74, 6) is 1.40. The second kappa shape index (κ2) is 6.84. The van der Waals surface area contributed by atoms with Crippen molar-refractivity contribution < 1.29 is 9.53 Å². The normalized spacial score (nSPS) is 18.8. The number of anilines is 1. The summed E-state index contributed by atoms with van der Waals surface area (Å²) in [4.78, 5) is 14.1. The summed E-state index contributed by atoms with van der Waals surface area (Å²) in [7, 11) is 1.60. The number of nitrogens with zero attached hydrogens (tertiary/aromatic N) is 1. The lowest BCUT2D eigenvalue weighted by Crippen LogP contribution is -2.41. The largest absolute Gasteiger partial charge is 0.495 e. The first kappa shape index (κ1) is 15.0. The molecule has 1 fully saturated rings. The molecule has 1 saturated heterocycles. The van der Waals surface area contributed by atoms with Crippen molar-refractivity contribution in [1.29, 1.82) is 0 Å². The number of carbonyl (C=O) groups is 1. The number of hydrogen-bond donors (Lipinski definition) is 1. The van der Waals surface area contributed by atoms with E-state index in [1.54, 1.807) is 25.3 Å². The fourth-order valence-electron chi connectivity index (χ4n) is 2.52. The Morgan fingerprint density at radius 1 is 1.55 bits per heavy atom. The molecule has 1 aromatic carbocycles. The first-order chi connectivity index (χ1) is 9.60. The van der Waals surface area contributed by atoms with Crippen molar-refractivity contribution >= 4 is 23.2 Å². The summed E-state index contributed by atoms with van der Waals surface area (Å²) >= 11 is 5.97. The Labute approximate surface area is 125 Å². The summed E-state index contributed by atoms with van der Waals surface area (Å²) in [6, 6.07) is 5.32. The van der Waals surface area contributed by atoms with Crippen molar-refractivity contribution in [3.05, 3.63) is 23.2 Å². The Morgan fingerprint density at radius 2 is 2.35 bits per heavy atom. The lowest BCUT2D eigenvalue weighted by molar-refractivity contribution is -0.130. The Hall–Kier alpha value is -1.42. The zero-order chi connectivity index (χ0) is 14.5. The maximum atomic E-state index is 12.2. The van der Waals surface area contributed by atoms with E-state index in [-0.39, 0.29) is 12.5 Å². The average Bonchev–Trinajstić information content (AvgIpc) is 2.45. The Kier molecular flexibility index (Phi) is 5.12. The first-order valence-electron chi connectivity index (χ1n) is 6.95. The van der Waals surface area contributed by atoms with E-state index in [0.29, 0.717) is 16.7 Å². The molecule has 5 heteroatoms. The highest BCUT2D eigenvalue weighted by atomic mass is 35.5. The molecular formula is C15H21ClN2O2. The quantitative estimate of drug-likeness (QED) is 0.928. The van der Waals surface area contributed by atoms with Crippen molar-refractivity contribution in [1.82, 2.24) is 4.90 Å². The molecule has 1 aromatic rings. The Balaban J connectivity index is 1.94. The van der Waals surface area contributed by atoms with Gasteiger partial charge in [0.15, 0.2) is 0 Å². The fraction of sp³-hybridized carbons (Fsp3) is 0.533. The zero-order valence-electron chi connectivity index (χ0n) is 12.0. The van der Waals surface area contributed by atoms with Gasteiger partial charge in [-0.1, -0.05) is 18.5 Å². The van der Waals surface area contributed by atoms with Crippen molar-refractivity contribution in [2.24, 2.45) is 5.92 Å². The predicted molar refractivity (Wildman–Crippen MR) is 81.5 cm³/mol. The van der Waals surface area contributed by atoms with E-state index in [0.717, 1.165) is 25.2 Å². The van der Waals surface area contributed by atoms with Crippen LogP contribution in [0.2, 0.25) is 5.02 Å². The van der Waals surface area contributed by atoms with E-state index in [4.69, 9.17) is 16.3 Å². The molecule has 0 aliphatic carbocycles. The van der Waals surface area contributed by atoms with Crippen LogP contribution in [0.15, 0.2) is 18.2 Å². The van der Waals surface area contributed by atoms with Gasteiger partial charge >= 0.3 is 0 Å². The Bertz CT molecular complexity index is 479. The average molecular weight is 297 g/mol. The first-order valence-corrected chi connectivity index (χ1v) is 7.33. The van der Waals surface area contributed by atoms with Crippen LogP contribution in [0.4, 0.5) is 5.69 Å². The van der Waals surface area contributed by atoms with Gasteiger partial charge in [-0.2, -0.15) is 0 Å². The molecule has 110 valence electrons. The monoisotopic (exact) mass is 296 g/mol. The van der Waals surface area contributed by atoms with E-state index < -0.39 is 0 Å². The maximum absolute atomic E-state index is 12.2. The van der Waals surface area contributed by atoms with E-state index in [1.807, 2.05) is 4.90 Å². The number of amides is 1. The summed E-state index contributed by atoms with van der Waals surface area (Å²) in [6.45, 7) is 4.17. The fourth-order valence-corrected chi connectivity index (χ4v) is 2.69. The molecule has 1 heterocycles. The number of rotatable bonds is 4. The standard InChI is InChI=1S/C15H21ClN2O2/c1-11-4-3-7-18(10-11)15(19)9-17-13-8-12(16)5-6-14(13)20-2/h5-6,8,11,17H,3-4,7,9-10H2,1-2H3. The molecule has 1 amide bonds. The minimum atomic E-state index is 0.124. The van der Waals surface area contributed by atoms with Crippen LogP contribution in [0.3, 0.4) is 0 Å². The second-order valence-corrected chi connectivity index (χ2v) is 5.72. The predicted octanol–water partition coefficient (Wildman–Crippen LogP) is 3.02. The number of likely N-dealkylation sites (tertiary alicyclic amines) is 1. The molecule has 4 nitrogen and oxygen atoms in total. The van der Waals surface area contributed by atoms with E-state index >= 15 is 0 Å². The van der Waals surface area contributed by atoms with Gasteiger partial charge in [0.2, 0.25) is 5.91 Å². The molecule has 1 N–H and O–H groups in total. The molecule has 0 bridgehead atoms. The molecule has 0 saturated carbocycles. The van der Waals surface area contributed by atoms with E-state index in [9.17, 15) is 4.79 Å². The van der Waals surface area contributed by atoms with Gasteiger partial charge < -0.3 is 15.0 Å². The molecule has 0 spiro atoms. The summed E-state index contributed by atoms with van der Waals surface area (Å²) in [6.07, 6.45) is 2.30. The van der Waals surface area contributed by atoms with Gasteiger partial charge in [-0.25, -0.2) is 0 Å². The second-order valence-electron chi connectivity index (χ2n) is 5.29. The number of carbonyl (C=O) groups excluding carboxylic acids is 1. The zero-order valence-corrected chi connectivity index (χ0v) is 12.7. The molecule has 0 aromatic heterocycles. The molecular weight excluding hydrogens is 276 g/mol. The van der Waals surface area contributed by atoms with Gasteiger partial charge in [-0.05, 0) is 37.0 Å². The number of hydrogen-bond acceptors (Lipinski definition) is 3. The van der Waals surface area contributed by atoms with Gasteiger partial charge in [0.1, 0.15) is 5.75 Å². The Morgan fingerprint density at radius 3 is 3.05 bits per heavy atom. The van der Waals surface area contributed by atoms with Crippen LogP contribution in [0.5, 0.6) is 5.75 Å². The van der Waals surface area contributed by atoms with Gasteiger partial charge in [-0.3, -0.25) is 4.79 Å². The minimum absolute atomic E-state index is 0.124. The van der Waals surface area contributed by atoms with Crippen LogP contribution in [-0.2, 0) is 4.79 Å².